The normalized spacial score (nSPS) is 17.9. The van der Waals surface area contributed by atoms with Crippen LogP contribution < -0.4 is 5.32 Å². The smallest absolute Gasteiger partial charge is 0.162 e. The molecule has 1 aliphatic carbocycles. The Balaban J connectivity index is 2.38. The average Bonchev–Trinajstić information content (AvgIpc) is 2.87. The van der Waals surface area contributed by atoms with E-state index < -0.39 is 0 Å². The highest BCUT2D eigenvalue weighted by Crippen LogP contribution is 2.40. The first-order chi connectivity index (χ1) is 9.09. The number of nitrogens with zero attached hydrogens (tertiary/aromatic N) is 2. The molecule has 1 fully saturated rings. The van der Waals surface area contributed by atoms with Crippen molar-refractivity contribution in [1.82, 2.24) is 9.97 Å². The zero-order valence-electron chi connectivity index (χ0n) is 12.5. The van der Waals surface area contributed by atoms with Gasteiger partial charge in [0.15, 0.2) is 5.82 Å². The second-order valence-corrected chi connectivity index (χ2v) is 5.82. The van der Waals surface area contributed by atoms with Gasteiger partial charge in [0.2, 0.25) is 0 Å². The van der Waals surface area contributed by atoms with Gasteiger partial charge in [0.05, 0.1) is 0 Å². The summed E-state index contributed by atoms with van der Waals surface area (Å²) in [5.41, 5.74) is 0.839. The van der Waals surface area contributed by atoms with E-state index in [2.05, 4.69) is 24.1 Å². The number of hydrogen-bond acceptors (Lipinski definition) is 4. The molecule has 1 heterocycles. The van der Waals surface area contributed by atoms with Crippen LogP contribution in [0.4, 0.5) is 5.82 Å². The van der Waals surface area contributed by atoms with E-state index in [0.29, 0.717) is 5.92 Å². The van der Waals surface area contributed by atoms with Gasteiger partial charge in [0.1, 0.15) is 11.4 Å². The van der Waals surface area contributed by atoms with Crippen LogP contribution in [0.2, 0.25) is 0 Å². The standard InChI is InChI=1S/C15H25N3O/c1-11(2)9-12-10-13(16-3)18-14(17-12)15(19-4)7-5-6-8-15/h10-11H,5-9H2,1-4H3,(H,16,17,18). The fourth-order valence-corrected chi connectivity index (χ4v) is 2.82. The van der Waals surface area contributed by atoms with Crippen LogP contribution in [-0.2, 0) is 16.8 Å². The third-order valence-corrected chi connectivity index (χ3v) is 3.86. The fraction of sp³-hybridized carbons (Fsp3) is 0.733. The lowest BCUT2D eigenvalue weighted by atomic mass is 10.00. The highest BCUT2D eigenvalue weighted by atomic mass is 16.5. The number of aromatic nitrogens is 2. The molecule has 4 nitrogen and oxygen atoms in total. The van der Waals surface area contributed by atoms with Crippen molar-refractivity contribution in [3.63, 3.8) is 0 Å². The molecule has 1 aromatic rings. The van der Waals surface area contributed by atoms with Gasteiger partial charge < -0.3 is 10.1 Å². The van der Waals surface area contributed by atoms with Gasteiger partial charge in [-0.1, -0.05) is 13.8 Å². The van der Waals surface area contributed by atoms with Crippen LogP contribution in [0.15, 0.2) is 6.07 Å². The summed E-state index contributed by atoms with van der Waals surface area (Å²) in [6.07, 6.45) is 5.42. The predicted octanol–water partition coefficient (Wildman–Crippen LogP) is 3.13. The van der Waals surface area contributed by atoms with Crippen LogP contribution in [0.1, 0.15) is 51.0 Å². The Bertz CT molecular complexity index is 425. The zero-order chi connectivity index (χ0) is 13.9. The minimum atomic E-state index is -0.265. The lowest BCUT2D eigenvalue weighted by molar-refractivity contribution is -0.0163. The number of ether oxygens (including phenoxy) is 1. The Morgan fingerprint density at radius 2 is 2.00 bits per heavy atom. The van der Waals surface area contributed by atoms with Gasteiger partial charge in [-0.2, -0.15) is 0 Å². The second kappa shape index (κ2) is 5.87. The van der Waals surface area contributed by atoms with Crippen LogP contribution in [0.25, 0.3) is 0 Å². The van der Waals surface area contributed by atoms with Crippen LogP contribution in [0.3, 0.4) is 0 Å². The molecule has 0 atom stereocenters. The fourth-order valence-electron chi connectivity index (χ4n) is 2.82. The van der Waals surface area contributed by atoms with Gasteiger partial charge in [-0.05, 0) is 38.0 Å². The summed E-state index contributed by atoms with van der Waals surface area (Å²) in [4.78, 5) is 9.41. The van der Waals surface area contributed by atoms with Gasteiger partial charge >= 0.3 is 0 Å². The van der Waals surface area contributed by atoms with Crippen molar-refractivity contribution in [2.75, 3.05) is 19.5 Å². The first-order valence-corrected chi connectivity index (χ1v) is 7.21. The SMILES string of the molecule is CNc1cc(CC(C)C)nc(C2(OC)CCCC2)n1. The van der Waals surface area contributed by atoms with Gasteiger partial charge in [0, 0.05) is 25.9 Å². The third-order valence-electron chi connectivity index (χ3n) is 3.86. The Hall–Kier alpha value is -1.16. The molecule has 2 rings (SSSR count). The molecule has 19 heavy (non-hydrogen) atoms. The van der Waals surface area contributed by atoms with E-state index in [9.17, 15) is 0 Å². The summed E-state index contributed by atoms with van der Waals surface area (Å²) in [5, 5.41) is 3.14. The molecule has 0 radical (unpaired) electrons. The van der Waals surface area contributed by atoms with E-state index in [1.165, 1.54) is 12.8 Å². The molecular weight excluding hydrogens is 238 g/mol. The van der Waals surface area contributed by atoms with Crippen molar-refractivity contribution in [3.8, 4) is 0 Å². The summed E-state index contributed by atoms with van der Waals surface area (Å²) in [7, 11) is 3.68. The summed E-state index contributed by atoms with van der Waals surface area (Å²) in [6.45, 7) is 4.42. The lowest BCUT2D eigenvalue weighted by Crippen LogP contribution is -2.28. The number of rotatable bonds is 5. The molecule has 1 N–H and O–H groups in total. The predicted molar refractivity (Wildman–Crippen MR) is 77.3 cm³/mol. The van der Waals surface area contributed by atoms with Crippen LogP contribution in [0, 0.1) is 5.92 Å². The highest BCUT2D eigenvalue weighted by molar-refractivity contribution is 5.36. The van der Waals surface area contributed by atoms with Crippen LogP contribution >= 0.6 is 0 Å². The van der Waals surface area contributed by atoms with Crippen molar-refractivity contribution in [1.29, 1.82) is 0 Å². The largest absolute Gasteiger partial charge is 0.373 e. The Morgan fingerprint density at radius 3 is 2.53 bits per heavy atom. The maximum Gasteiger partial charge on any atom is 0.162 e. The maximum atomic E-state index is 5.79. The number of anilines is 1. The van der Waals surface area contributed by atoms with Crippen molar-refractivity contribution >= 4 is 5.82 Å². The molecule has 0 amide bonds. The lowest BCUT2D eigenvalue weighted by Gasteiger charge is -2.26. The van der Waals surface area contributed by atoms with Crippen LogP contribution in [-0.4, -0.2) is 24.1 Å². The zero-order valence-corrected chi connectivity index (χ0v) is 12.5. The first kappa shape index (κ1) is 14.3. The number of methoxy groups -OCH3 is 1. The minimum absolute atomic E-state index is 0.265. The molecule has 1 saturated carbocycles. The minimum Gasteiger partial charge on any atom is -0.373 e. The van der Waals surface area contributed by atoms with Gasteiger partial charge in [-0.25, -0.2) is 9.97 Å². The molecule has 4 heteroatoms. The van der Waals surface area contributed by atoms with E-state index in [4.69, 9.17) is 9.72 Å². The van der Waals surface area contributed by atoms with Gasteiger partial charge in [-0.15, -0.1) is 0 Å². The molecule has 0 unspecified atom stereocenters. The molecule has 1 aliphatic rings. The number of hydrogen-bond donors (Lipinski definition) is 1. The topological polar surface area (TPSA) is 47.0 Å². The highest BCUT2D eigenvalue weighted by Gasteiger charge is 2.38. The van der Waals surface area contributed by atoms with Gasteiger partial charge in [0.25, 0.3) is 0 Å². The first-order valence-electron chi connectivity index (χ1n) is 7.21. The Kier molecular flexibility index (Phi) is 4.40. The molecule has 0 aromatic carbocycles. The summed E-state index contributed by atoms with van der Waals surface area (Å²) < 4.78 is 5.79. The van der Waals surface area contributed by atoms with E-state index in [0.717, 1.165) is 36.6 Å². The van der Waals surface area contributed by atoms with Crippen molar-refractivity contribution < 1.29 is 4.74 Å². The van der Waals surface area contributed by atoms with E-state index in [1.807, 2.05) is 13.1 Å². The molecule has 106 valence electrons. The van der Waals surface area contributed by atoms with E-state index in [1.54, 1.807) is 7.11 Å². The molecule has 0 saturated heterocycles. The number of nitrogens with one attached hydrogen (secondary N) is 1. The maximum absolute atomic E-state index is 5.79. The molecule has 0 spiro atoms. The summed E-state index contributed by atoms with van der Waals surface area (Å²) in [6, 6.07) is 2.04. The summed E-state index contributed by atoms with van der Waals surface area (Å²) in [5.74, 6) is 2.34. The monoisotopic (exact) mass is 263 g/mol. The second-order valence-electron chi connectivity index (χ2n) is 5.82. The summed E-state index contributed by atoms with van der Waals surface area (Å²) >= 11 is 0. The molecule has 0 aliphatic heterocycles. The Labute approximate surface area is 116 Å². The van der Waals surface area contributed by atoms with Crippen molar-refractivity contribution in [3.05, 3.63) is 17.6 Å². The van der Waals surface area contributed by atoms with E-state index >= 15 is 0 Å². The quantitative estimate of drug-likeness (QED) is 0.886. The third kappa shape index (κ3) is 3.06. The average molecular weight is 263 g/mol. The van der Waals surface area contributed by atoms with E-state index in [-0.39, 0.29) is 5.60 Å². The van der Waals surface area contributed by atoms with Gasteiger partial charge in [-0.3, -0.25) is 0 Å². The van der Waals surface area contributed by atoms with Crippen molar-refractivity contribution in [2.45, 2.75) is 51.6 Å². The molecule has 0 bridgehead atoms. The molecule has 1 aromatic heterocycles. The molecular formula is C15H25N3O. The Morgan fingerprint density at radius 1 is 1.32 bits per heavy atom. The van der Waals surface area contributed by atoms with Crippen LogP contribution in [0.5, 0.6) is 0 Å². The van der Waals surface area contributed by atoms with Crippen molar-refractivity contribution in [2.24, 2.45) is 5.92 Å².